The van der Waals surface area contributed by atoms with Gasteiger partial charge in [0.2, 0.25) is 17.7 Å². The minimum absolute atomic E-state index is 0.0507. The van der Waals surface area contributed by atoms with E-state index in [-0.39, 0.29) is 73.3 Å². The molecule has 3 aliphatic heterocycles. The zero-order valence-electron chi connectivity index (χ0n) is 33.2. The topological polar surface area (TPSA) is 174 Å². The maximum Gasteiger partial charge on any atom is 0.417 e. The molecule has 14 nitrogen and oxygen atoms in total. The van der Waals surface area contributed by atoms with Gasteiger partial charge in [0.15, 0.2) is 5.11 Å². The van der Waals surface area contributed by atoms with Crippen LogP contribution in [0.4, 0.5) is 43.4 Å². The smallest absolute Gasteiger partial charge is 0.377 e. The molecule has 2 unspecified atom stereocenters. The lowest BCUT2D eigenvalue weighted by Gasteiger charge is -2.42. The Morgan fingerprint density at radius 2 is 1.67 bits per heavy atom. The van der Waals surface area contributed by atoms with E-state index in [0.717, 1.165) is 21.9 Å². The van der Waals surface area contributed by atoms with Gasteiger partial charge in [-0.1, -0.05) is 0 Å². The highest BCUT2D eigenvalue weighted by Gasteiger charge is 2.53. The second-order valence-corrected chi connectivity index (χ2v) is 16.3. The number of benzene rings is 2. The molecule has 0 bridgehead atoms. The second kappa shape index (κ2) is 17.9. The lowest BCUT2D eigenvalue weighted by Crippen LogP contribution is -2.60. The van der Waals surface area contributed by atoms with Crippen molar-refractivity contribution in [3.63, 3.8) is 0 Å². The summed E-state index contributed by atoms with van der Waals surface area (Å²) < 4.78 is 90.3. The van der Waals surface area contributed by atoms with Crippen LogP contribution in [0.3, 0.4) is 0 Å². The second-order valence-electron chi connectivity index (χ2n) is 15.9. The number of piperidine rings is 1. The van der Waals surface area contributed by atoms with Gasteiger partial charge < -0.3 is 20.3 Å². The zero-order valence-corrected chi connectivity index (χ0v) is 34.0. The maximum atomic E-state index is 14.3. The summed E-state index contributed by atoms with van der Waals surface area (Å²) in [5, 5.41) is 26.5. The Bertz CT molecular complexity index is 2150. The third-order valence-electron chi connectivity index (χ3n) is 11.4. The fourth-order valence-corrected chi connectivity index (χ4v) is 8.88. The molecule has 3 N–H and O–H groups in total. The van der Waals surface area contributed by atoms with Crippen LogP contribution in [0.2, 0.25) is 0 Å². The summed E-state index contributed by atoms with van der Waals surface area (Å²) in [5.74, 6) is -2.19. The van der Waals surface area contributed by atoms with Gasteiger partial charge in [-0.2, -0.15) is 36.9 Å². The van der Waals surface area contributed by atoms with Gasteiger partial charge in [0, 0.05) is 50.0 Å². The molecular formula is C40H43F6N9O5S. The summed E-state index contributed by atoms with van der Waals surface area (Å²) in [6, 6.07) is 7.80. The number of nitrogens with one attached hydrogen (secondary N) is 3. The average molecular weight is 876 g/mol. The third kappa shape index (κ3) is 10.2. The average Bonchev–Trinajstić information content (AvgIpc) is 3.37. The molecule has 4 aliphatic rings. The maximum absolute atomic E-state index is 14.3. The summed E-state index contributed by atoms with van der Waals surface area (Å²) >= 11 is 5.67. The highest BCUT2D eigenvalue weighted by atomic mass is 32.1. The van der Waals surface area contributed by atoms with Crippen molar-refractivity contribution in [1.82, 2.24) is 20.0 Å². The van der Waals surface area contributed by atoms with Crippen molar-refractivity contribution in [2.24, 2.45) is 0 Å². The van der Waals surface area contributed by atoms with Gasteiger partial charge in [-0.3, -0.25) is 39.2 Å². The summed E-state index contributed by atoms with van der Waals surface area (Å²) in [5.41, 5.74) is -2.45. The molecule has 61 heavy (non-hydrogen) atoms. The van der Waals surface area contributed by atoms with Crippen molar-refractivity contribution >= 4 is 58.0 Å². The van der Waals surface area contributed by atoms with Crippen LogP contribution < -0.4 is 20.9 Å². The predicted octanol–water partition coefficient (Wildman–Crippen LogP) is 4.89. The third-order valence-corrected chi connectivity index (χ3v) is 11.8. The van der Waals surface area contributed by atoms with Gasteiger partial charge in [0.05, 0.1) is 53.8 Å². The van der Waals surface area contributed by atoms with Gasteiger partial charge in [-0.05, 0) is 94.6 Å². The van der Waals surface area contributed by atoms with Crippen molar-refractivity contribution in [2.75, 3.05) is 54.9 Å². The normalized spacial score (nSPS) is 24.0. The first-order valence-electron chi connectivity index (χ1n) is 19.6. The van der Waals surface area contributed by atoms with Crippen LogP contribution in [0.5, 0.6) is 0 Å². The molecule has 0 spiro atoms. The van der Waals surface area contributed by atoms with Crippen LogP contribution in [-0.2, 0) is 30.1 Å². The molecule has 3 saturated heterocycles. The Morgan fingerprint density at radius 1 is 0.967 bits per heavy atom. The molecule has 0 aromatic heterocycles. The molecule has 21 heteroatoms. The lowest BCUT2D eigenvalue weighted by atomic mass is 9.89. The van der Waals surface area contributed by atoms with Crippen LogP contribution in [0.15, 0.2) is 36.4 Å². The number of piperazine rings is 1. The number of rotatable bonds is 11. The van der Waals surface area contributed by atoms with E-state index in [4.69, 9.17) is 17.0 Å². The van der Waals surface area contributed by atoms with Crippen molar-refractivity contribution in [2.45, 2.75) is 94.5 Å². The Balaban J connectivity index is 0.988. The first-order chi connectivity index (χ1) is 28.7. The largest absolute Gasteiger partial charge is 0.417 e. The number of nitrogens with zero attached hydrogens (tertiary/aromatic N) is 6. The summed E-state index contributed by atoms with van der Waals surface area (Å²) in [7, 11) is 0. The number of thiocarbonyl (C=S) groups is 1. The summed E-state index contributed by atoms with van der Waals surface area (Å²) in [6.45, 7) is 2.83. The lowest BCUT2D eigenvalue weighted by molar-refractivity contribution is -0.197. The van der Waals surface area contributed by atoms with Gasteiger partial charge >= 0.3 is 12.4 Å². The monoisotopic (exact) mass is 875 g/mol. The molecule has 2 aromatic rings. The number of amides is 4. The molecular weight excluding hydrogens is 833 g/mol. The van der Waals surface area contributed by atoms with Crippen LogP contribution in [0.25, 0.3) is 0 Å². The number of hydrogen-bond donors (Lipinski definition) is 3. The molecule has 326 valence electrons. The van der Waals surface area contributed by atoms with E-state index in [2.05, 4.69) is 16.0 Å². The van der Waals surface area contributed by atoms with E-state index in [0.29, 0.717) is 31.4 Å². The zero-order chi connectivity index (χ0) is 44.4. The Kier molecular flexibility index (Phi) is 13.3. The standard InChI is InChI=1S/C40H43F6N9O5S/c1-38(2)36(59)54(28-4-3-24(20-48)30(18-28)39(41,42)43)37(61)55(38)27-5-7-29(8-6-27)60-14-13-52-11-12-53(32(21-52)40(44,45)46)22-34(57)50-26-16-23(19-47)15-25(17-26)49-31-9-10-33(56)51-35(31)58/h3-4,15-18,27,29,31-32,49H,5-14,21-22H2,1-2H3,(H,50,57)(H,51,56,58). The number of alkyl halides is 6. The highest BCUT2D eigenvalue weighted by Crippen LogP contribution is 2.41. The SMILES string of the molecule is CC1(C)C(=O)N(c2ccc(C#N)c(C(F)(F)F)c2)C(=S)N1C1CCC(OCCN2CCN(CC(=O)Nc3cc(C#N)cc(NC4CCC(=O)NC4=O)c3)C(C(F)(F)F)C2)CC1. The van der Waals surface area contributed by atoms with Gasteiger partial charge in [-0.15, -0.1) is 0 Å². The molecule has 3 heterocycles. The minimum Gasteiger partial charge on any atom is -0.377 e. The van der Waals surface area contributed by atoms with E-state index in [1.807, 2.05) is 6.07 Å². The van der Waals surface area contributed by atoms with E-state index in [1.165, 1.54) is 30.3 Å². The quantitative estimate of drug-likeness (QED) is 0.159. The van der Waals surface area contributed by atoms with Gasteiger partial charge in [0.25, 0.3) is 5.91 Å². The highest BCUT2D eigenvalue weighted by molar-refractivity contribution is 7.80. The Labute approximate surface area is 352 Å². The van der Waals surface area contributed by atoms with Crippen molar-refractivity contribution in [3.05, 3.63) is 53.1 Å². The van der Waals surface area contributed by atoms with E-state index in [9.17, 15) is 56.0 Å². The molecule has 0 radical (unpaired) electrons. The Hall–Kier alpha value is -5.35. The van der Waals surface area contributed by atoms with Crippen molar-refractivity contribution in [1.29, 1.82) is 10.5 Å². The molecule has 2 aromatic carbocycles. The molecule has 1 aliphatic carbocycles. The minimum atomic E-state index is -4.82. The van der Waals surface area contributed by atoms with Gasteiger partial charge in [-0.25, -0.2) is 0 Å². The van der Waals surface area contributed by atoms with Gasteiger partial charge in [0.1, 0.15) is 17.6 Å². The summed E-state index contributed by atoms with van der Waals surface area (Å²) in [6.07, 6.45) is -7.22. The first kappa shape index (κ1) is 45.2. The molecule has 1 saturated carbocycles. The van der Waals surface area contributed by atoms with E-state index in [1.54, 1.807) is 23.6 Å². The van der Waals surface area contributed by atoms with Crippen LogP contribution in [-0.4, -0.2) is 119 Å². The van der Waals surface area contributed by atoms with E-state index >= 15 is 0 Å². The van der Waals surface area contributed by atoms with Crippen LogP contribution in [0.1, 0.15) is 69.1 Å². The van der Waals surface area contributed by atoms with E-state index < -0.39 is 77.8 Å². The Morgan fingerprint density at radius 3 is 2.31 bits per heavy atom. The fourth-order valence-electron chi connectivity index (χ4n) is 8.32. The first-order valence-corrected chi connectivity index (χ1v) is 20.0. The number of halogens is 6. The number of imide groups is 1. The van der Waals surface area contributed by atoms with Crippen LogP contribution in [0, 0.1) is 22.7 Å². The number of ether oxygens (including phenoxy) is 1. The summed E-state index contributed by atoms with van der Waals surface area (Å²) in [4.78, 5) is 55.9. The molecule has 2 atom stereocenters. The number of hydrogen-bond acceptors (Lipinski definition) is 11. The molecule has 4 fully saturated rings. The fraction of sp³-hybridized carbons (Fsp3) is 0.525. The number of carbonyl (C=O) groups excluding carboxylic acids is 4. The predicted molar refractivity (Wildman–Crippen MR) is 212 cm³/mol. The van der Waals surface area contributed by atoms with Crippen molar-refractivity contribution in [3.8, 4) is 12.1 Å². The van der Waals surface area contributed by atoms with Crippen molar-refractivity contribution < 1.29 is 50.3 Å². The number of nitriles is 2. The number of carbonyl (C=O) groups is 4. The molecule has 6 rings (SSSR count). The molecule has 4 amide bonds. The van der Waals surface area contributed by atoms with Crippen LogP contribution >= 0.6 is 12.2 Å². The number of anilines is 3.